The molecule has 0 aliphatic heterocycles. The van der Waals surface area contributed by atoms with E-state index in [0.717, 1.165) is 50.1 Å². The molecule has 0 aliphatic carbocycles. The molecule has 0 radical (unpaired) electrons. The number of esters is 1. The van der Waals surface area contributed by atoms with Crippen molar-refractivity contribution in [2.24, 2.45) is 11.8 Å². The number of rotatable bonds is 13. The minimum absolute atomic E-state index is 0.0178. The first-order valence-electron chi connectivity index (χ1n) is 27.5. The number of carboxylic acid groups (broad SMARTS) is 1. The largest absolute Gasteiger partial charge is 0.508 e. The number of carboxylic acids is 1. The molecule has 0 spiro atoms. The van der Waals surface area contributed by atoms with E-state index in [4.69, 9.17) is 4.74 Å². The van der Waals surface area contributed by atoms with Crippen LogP contribution >= 0.6 is 11.8 Å². The van der Waals surface area contributed by atoms with E-state index in [1.807, 2.05) is 71.9 Å². The molecule has 0 heterocycles. The lowest BCUT2D eigenvalue weighted by Crippen LogP contribution is -2.26. The summed E-state index contributed by atoms with van der Waals surface area (Å²) in [7, 11) is 0. The van der Waals surface area contributed by atoms with Crippen LogP contribution in [-0.4, -0.2) is 49.0 Å². The van der Waals surface area contributed by atoms with Crippen molar-refractivity contribution in [3.05, 3.63) is 110 Å². The summed E-state index contributed by atoms with van der Waals surface area (Å²) in [5.41, 5.74) is 7.69. The molecule has 8 nitrogen and oxygen atoms in total. The summed E-state index contributed by atoms with van der Waals surface area (Å²) >= 11 is 1.64. The van der Waals surface area contributed by atoms with E-state index in [1.165, 1.54) is 5.56 Å². The Hall–Kier alpha value is -4.63. The van der Waals surface area contributed by atoms with Crippen LogP contribution in [0.25, 0.3) is 0 Å². The van der Waals surface area contributed by atoms with Gasteiger partial charge in [0.25, 0.3) is 0 Å². The molecule has 4 aromatic carbocycles. The Morgan fingerprint density at radius 2 is 0.711 bits per heavy atom. The Morgan fingerprint density at radius 1 is 0.421 bits per heavy atom. The molecular formula is C67H102O8S. The van der Waals surface area contributed by atoms with E-state index in [0.29, 0.717) is 54.3 Å². The molecule has 0 saturated heterocycles. The minimum Gasteiger partial charge on any atom is -0.508 e. The lowest BCUT2D eigenvalue weighted by molar-refractivity contribution is -0.142. The van der Waals surface area contributed by atoms with Crippen LogP contribution in [0.1, 0.15) is 240 Å². The number of ether oxygens (including phenoxy) is 1. The summed E-state index contributed by atoms with van der Waals surface area (Å²) in [6.45, 7) is 51.8. The SMILES string of the molecule is CC(C)(C)c1cc(OC(=O)C(CCSCCC(Cc2cc(C(C)(C)C)c(O)c(C(C)(C)C)c2)C(=O)O)Cc2cc(C(C)(C)C)c(O)c(C(C)(C)C)c2)c(C(C)(C)C)cc1O.Cc1cc(C(C)(C)C)c(O)c(C(C)(C)C)c1. The van der Waals surface area contributed by atoms with E-state index >= 15 is 0 Å². The van der Waals surface area contributed by atoms with Gasteiger partial charge in [-0.05, 0) is 144 Å². The van der Waals surface area contributed by atoms with Crippen molar-refractivity contribution in [3.8, 4) is 28.7 Å². The third-order valence-electron chi connectivity index (χ3n) is 14.2. The standard InChI is InChI=1S/C52H78O7S.C15H24O/c1-47(2,3)35-30-42(36(29-41(35)53)48(4,5)6)59-46(58)34(24-32-27-39(51(13,14)15)44(55)40(28-32)52(16,17)18)20-22-60-21-19-33(45(56)57)23-31-25-37(49(7,8)9)43(54)38(26-31)50(10,11)12;1-10-8-11(14(2,3)4)13(16)12(9-10)15(5,6)7/h25-30,33-34,53-55H,19-24H2,1-18H3,(H,56,57);8-9,16H,1-7H3. The number of carbonyl (C=O) groups is 2. The molecule has 0 saturated carbocycles. The second kappa shape index (κ2) is 23.8. The van der Waals surface area contributed by atoms with Crippen molar-refractivity contribution >= 4 is 23.7 Å². The van der Waals surface area contributed by atoms with Gasteiger partial charge in [0, 0.05) is 11.1 Å². The molecule has 0 amide bonds. The summed E-state index contributed by atoms with van der Waals surface area (Å²) in [4.78, 5) is 27.2. The molecule has 424 valence electrons. The predicted octanol–water partition coefficient (Wildman–Crippen LogP) is 17.1. The number of aliphatic carboxylic acids is 1. The fraction of sp³-hybridized carbons (Fsp3) is 0.612. The van der Waals surface area contributed by atoms with Crippen LogP contribution in [0.3, 0.4) is 0 Å². The zero-order valence-electron chi connectivity index (χ0n) is 51.9. The first kappa shape index (κ1) is 65.7. The van der Waals surface area contributed by atoms with Gasteiger partial charge in [0.2, 0.25) is 0 Å². The van der Waals surface area contributed by atoms with Crippen molar-refractivity contribution in [1.29, 1.82) is 0 Å². The van der Waals surface area contributed by atoms with E-state index in [2.05, 4.69) is 144 Å². The minimum atomic E-state index is -0.852. The van der Waals surface area contributed by atoms with E-state index in [-0.39, 0.29) is 55.7 Å². The number of hydrogen-bond acceptors (Lipinski definition) is 8. The molecule has 76 heavy (non-hydrogen) atoms. The first-order chi connectivity index (χ1) is 34.1. The van der Waals surface area contributed by atoms with Gasteiger partial charge in [0.05, 0.1) is 11.8 Å². The lowest BCUT2D eigenvalue weighted by Gasteiger charge is -2.29. The Balaban J connectivity index is 0.000000808. The summed E-state index contributed by atoms with van der Waals surface area (Å²) in [5, 5.41) is 54.5. The van der Waals surface area contributed by atoms with Crippen LogP contribution in [0.15, 0.2) is 48.5 Å². The fourth-order valence-corrected chi connectivity index (χ4v) is 10.7. The number of benzene rings is 4. The van der Waals surface area contributed by atoms with Crippen LogP contribution < -0.4 is 4.74 Å². The van der Waals surface area contributed by atoms with Gasteiger partial charge >= 0.3 is 11.9 Å². The highest BCUT2D eigenvalue weighted by Crippen LogP contribution is 2.45. The summed E-state index contributed by atoms with van der Waals surface area (Å²) in [5.74, 6) is 0.462. The van der Waals surface area contributed by atoms with E-state index < -0.39 is 28.6 Å². The number of aryl methyl sites for hydroxylation is 1. The Kier molecular flexibility index (Phi) is 20.5. The summed E-state index contributed by atoms with van der Waals surface area (Å²) in [6, 6.07) is 15.7. The molecule has 0 aromatic heterocycles. The van der Waals surface area contributed by atoms with Crippen molar-refractivity contribution in [3.63, 3.8) is 0 Å². The van der Waals surface area contributed by atoms with Gasteiger partial charge in [-0.15, -0.1) is 0 Å². The van der Waals surface area contributed by atoms with Crippen LogP contribution in [0.2, 0.25) is 0 Å². The molecule has 5 N–H and O–H groups in total. The van der Waals surface area contributed by atoms with Crippen molar-refractivity contribution < 1.29 is 39.9 Å². The number of thioether (sulfide) groups is 1. The predicted molar refractivity (Wildman–Crippen MR) is 321 cm³/mol. The zero-order chi connectivity index (χ0) is 58.9. The van der Waals surface area contributed by atoms with Gasteiger partial charge in [0.15, 0.2) is 0 Å². The highest BCUT2D eigenvalue weighted by atomic mass is 32.2. The van der Waals surface area contributed by atoms with Crippen molar-refractivity contribution in [2.75, 3.05) is 11.5 Å². The average molecular weight is 1070 g/mol. The van der Waals surface area contributed by atoms with Crippen LogP contribution in [-0.2, 0) is 65.8 Å². The van der Waals surface area contributed by atoms with Crippen molar-refractivity contribution in [2.45, 2.75) is 242 Å². The van der Waals surface area contributed by atoms with Gasteiger partial charge in [-0.1, -0.05) is 208 Å². The summed E-state index contributed by atoms with van der Waals surface area (Å²) in [6.07, 6.45) is 1.69. The number of phenolic OH excluding ortho intramolecular Hbond substituents is 4. The molecule has 2 atom stereocenters. The average Bonchev–Trinajstić information content (AvgIpc) is 3.21. The van der Waals surface area contributed by atoms with Crippen molar-refractivity contribution in [1.82, 2.24) is 0 Å². The molecule has 2 unspecified atom stereocenters. The molecule has 4 aromatic rings. The topological polar surface area (TPSA) is 145 Å². The third-order valence-corrected chi connectivity index (χ3v) is 15.3. The summed E-state index contributed by atoms with van der Waals surface area (Å²) < 4.78 is 6.38. The van der Waals surface area contributed by atoms with Gasteiger partial charge in [0.1, 0.15) is 28.7 Å². The van der Waals surface area contributed by atoms with Gasteiger partial charge < -0.3 is 30.3 Å². The maximum atomic E-state index is 14.5. The Labute approximate surface area is 465 Å². The quantitative estimate of drug-likeness (QED) is 0.0502. The molecule has 9 heteroatoms. The normalized spacial score (nSPS) is 14.0. The van der Waals surface area contributed by atoms with E-state index in [9.17, 15) is 35.1 Å². The molecule has 0 fully saturated rings. The van der Waals surface area contributed by atoms with Crippen LogP contribution in [0.4, 0.5) is 0 Å². The molecule has 4 rings (SSSR count). The number of carbonyl (C=O) groups excluding carboxylic acids is 1. The lowest BCUT2D eigenvalue weighted by atomic mass is 9.77. The Morgan fingerprint density at radius 3 is 1.01 bits per heavy atom. The van der Waals surface area contributed by atoms with Gasteiger partial charge in [-0.3, -0.25) is 9.59 Å². The number of aromatic hydroxyl groups is 4. The fourth-order valence-electron chi connectivity index (χ4n) is 9.60. The maximum Gasteiger partial charge on any atom is 0.314 e. The highest BCUT2D eigenvalue weighted by Gasteiger charge is 2.33. The highest BCUT2D eigenvalue weighted by molar-refractivity contribution is 7.99. The zero-order valence-corrected chi connectivity index (χ0v) is 52.7. The molecule has 0 aliphatic rings. The smallest absolute Gasteiger partial charge is 0.314 e. The number of phenols is 4. The van der Waals surface area contributed by atoms with Crippen LogP contribution in [0.5, 0.6) is 28.7 Å². The van der Waals surface area contributed by atoms with E-state index in [1.54, 1.807) is 17.8 Å². The molecule has 0 bridgehead atoms. The molecular weight excluding hydrogens is 965 g/mol. The van der Waals surface area contributed by atoms with Gasteiger partial charge in [-0.25, -0.2) is 0 Å². The monoisotopic (exact) mass is 1070 g/mol. The third kappa shape index (κ3) is 17.7. The Bertz CT molecular complexity index is 2560. The maximum absolute atomic E-state index is 14.5. The number of hydrogen-bond donors (Lipinski definition) is 5. The van der Waals surface area contributed by atoms with Crippen LogP contribution in [0, 0.1) is 18.8 Å². The second-order valence-electron chi connectivity index (χ2n) is 29.9. The first-order valence-corrected chi connectivity index (χ1v) is 28.7. The van der Waals surface area contributed by atoms with Gasteiger partial charge in [-0.2, -0.15) is 11.8 Å². The second-order valence-corrected chi connectivity index (χ2v) is 31.1.